The second kappa shape index (κ2) is 4.67. The lowest BCUT2D eigenvalue weighted by molar-refractivity contribution is -0.137. The average molecular weight is 266 g/mol. The molecule has 2 fully saturated rings. The van der Waals surface area contributed by atoms with Gasteiger partial charge in [0, 0.05) is 18.1 Å². The molecule has 1 aromatic rings. The Balaban J connectivity index is 1.77. The summed E-state index contributed by atoms with van der Waals surface area (Å²) in [5.41, 5.74) is 0.150. The van der Waals surface area contributed by atoms with Crippen molar-refractivity contribution in [1.82, 2.24) is 0 Å². The first-order chi connectivity index (χ1) is 9.10. The van der Waals surface area contributed by atoms with E-state index in [9.17, 15) is 13.6 Å². The van der Waals surface area contributed by atoms with Crippen LogP contribution in [0.3, 0.4) is 0 Å². The van der Waals surface area contributed by atoms with Gasteiger partial charge in [0.05, 0.1) is 5.60 Å². The Morgan fingerprint density at radius 1 is 1.26 bits per heavy atom. The van der Waals surface area contributed by atoms with Crippen molar-refractivity contribution in [3.05, 3.63) is 35.4 Å². The maximum atomic E-state index is 13.2. The van der Waals surface area contributed by atoms with Crippen LogP contribution in [0.15, 0.2) is 18.2 Å². The summed E-state index contributed by atoms with van der Waals surface area (Å²) in [6.07, 6.45) is 4.54. The summed E-state index contributed by atoms with van der Waals surface area (Å²) < 4.78 is 31.8. The van der Waals surface area contributed by atoms with E-state index >= 15 is 0 Å². The van der Waals surface area contributed by atoms with Crippen molar-refractivity contribution in [2.75, 3.05) is 6.61 Å². The van der Waals surface area contributed by atoms with Crippen LogP contribution in [0.2, 0.25) is 0 Å². The summed E-state index contributed by atoms with van der Waals surface area (Å²) in [7, 11) is 0. The lowest BCUT2D eigenvalue weighted by Crippen LogP contribution is -2.47. The van der Waals surface area contributed by atoms with Gasteiger partial charge in [-0.1, -0.05) is 0 Å². The molecule has 1 heterocycles. The van der Waals surface area contributed by atoms with Gasteiger partial charge < -0.3 is 4.74 Å². The molecule has 0 amide bonds. The van der Waals surface area contributed by atoms with Gasteiger partial charge in [-0.25, -0.2) is 8.78 Å². The number of hydrogen-bond donors (Lipinski definition) is 0. The first kappa shape index (κ1) is 12.7. The van der Waals surface area contributed by atoms with Gasteiger partial charge >= 0.3 is 0 Å². The molecule has 1 aromatic carbocycles. The highest BCUT2D eigenvalue weighted by Gasteiger charge is 2.44. The van der Waals surface area contributed by atoms with Crippen molar-refractivity contribution in [2.45, 2.75) is 37.7 Å². The zero-order valence-corrected chi connectivity index (χ0v) is 10.6. The molecule has 1 saturated carbocycles. The van der Waals surface area contributed by atoms with E-state index in [1.54, 1.807) is 0 Å². The SMILES string of the molecule is O=C(c1ccc(F)c(F)c1)C1CCOC2(CCC2)C1. The van der Waals surface area contributed by atoms with E-state index in [-0.39, 0.29) is 22.9 Å². The van der Waals surface area contributed by atoms with E-state index in [4.69, 9.17) is 4.74 Å². The van der Waals surface area contributed by atoms with Crippen LogP contribution in [0, 0.1) is 17.6 Å². The molecule has 2 aliphatic rings. The van der Waals surface area contributed by atoms with Gasteiger partial charge in [-0.15, -0.1) is 0 Å². The van der Waals surface area contributed by atoms with E-state index in [1.807, 2.05) is 0 Å². The summed E-state index contributed by atoms with van der Waals surface area (Å²) in [4.78, 5) is 12.3. The molecule has 1 atom stereocenters. The third kappa shape index (κ3) is 2.29. The number of ether oxygens (including phenoxy) is 1. The number of rotatable bonds is 2. The highest BCUT2D eigenvalue weighted by molar-refractivity contribution is 5.98. The van der Waals surface area contributed by atoms with Gasteiger partial charge in [-0.3, -0.25) is 4.79 Å². The number of benzene rings is 1. The normalized spacial score (nSPS) is 25.1. The predicted molar refractivity (Wildman–Crippen MR) is 65.9 cm³/mol. The molecule has 2 nitrogen and oxygen atoms in total. The van der Waals surface area contributed by atoms with Crippen LogP contribution in [0.5, 0.6) is 0 Å². The highest BCUT2D eigenvalue weighted by Crippen LogP contribution is 2.44. The van der Waals surface area contributed by atoms with E-state index in [2.05, 4.69) is 0 Å². The maximum Gasteiger partial charge on any atom is 0.166 e. The third-order valence-corrected chi connectivity index (χ3v) is 4.33. The van der Waals surface area contributed by atoms with Crippen LogP contribution in [0.1, 0.15) is 42.5 Å². The van der Waals surface area contributed by atoms with Gasteiger partial charge in [0.2, 0.25) is 0 Å². The maximum absolute atomic E-state index is 13.2. The Morgan fingerprint density at radius 3 is 2.68 bits per heavy atom. The summed E-state index contributed by atoms with van der Waals surface area (Å²) in [6.45, 7) is 0.583. The number of carbonyl (C=O) groups is 1. The summed E-state index contributed by atoms with van der Waals surface area (Å²) in [6, 6.07) is 3.38. The molecule has 3 rings (SSSR count). The Morgan fingerprint density at radius 2 is 2.05 bits per heavy atom. The van der Waals surface area contributed by atoms with E-state index in [1.165, 1.54) is 6.07 Å². The van der Waals surface area contributed by atoms with Crippen LogP contribution in [0.25, 0.3) is 0 Å². The van der Waals surface area contributed by atoms with Gasteiger partial charge in [0.25, 0.3) is 0 Å². The molecule has 1 aliphatic carbocycles. The zero-order chi connectivity index (χ0) is 13.5. The van der Waals surface area contributed by atoms with Gasteiger partial charge in [-0.05, 0) is 50.3 Å². The van der Waals surface area contributed by atoms with Gasteiger partial charge in [-0.2, -0.15) is 0 Å². The van der Waals surface area contributed by atoms with Crippen molar-refractivity contribution < 1.29 is 18.3 Å². The molecule has 19 heavy (non-hydrogen) atoms. The molecule has 1 unspecified atom stereocenters. The molecule has 102 valence electrons. The van der Waals surface area contributed by atoms with Crippen LogP contribution in [-0.2, 0) is 4.74 Å². The fourth-order valence-electron chi connectivity index (χ4n) is 3.06. The van der Waals surface area contributed by atoms with Crippen molar-refractivity contribution in [3.8, 4) is 0 Å². The molecule has 0 bridgehead atoms. The molecule has 0 aromatic heterocycles. The summed E-state index contributed by atoms with van der Waals surface area (Å²) in [5.74, 6) is -2.09. The Hall–Kier alpha value is -1.29. The van der Waals surface area contributed by atoms with Gasteiger partial charge in [0.1, 0.15) is 0 Å². The topological polar surface area (TPSA) is 26.3 Å². The minimum absolute atomic E-state index is 0.0894. The first-order valence-corrected chi connectivity index (χ1v) is 6.73. The zero-order valence-electron chi connectivity index (χ0n) is 10.6. The molecular weight excluding hydrogens is 250 g/mol. The van der Waals surface area contributed by atoms with E-state index < -0.39 is 11.6 Å². The standard InChI is InChI=1S/C15H16F2O2/c16-12-3-2-10(8-13(12)17)14(18)11-4-7-19-15(9-11)5-1-6-15/h2-3,8,11H,1,4-7,9H2. The van der Waals surface area contributed by atoms with Crippen LogP contribution < -0.4 is 0 Å². The van der Waals surface area contributed by atoms with Crippen molar-refractivity contribution in [3.63, 3.8) is 0 Å². The first-order valence-electron chi connectivity index (χ1n) is 6.73. The van der Waals surface area contributed by atoms with Crippen molar-refractivity contribution in [1.29, 1.82) is 0 Å². The molecule has 0 N–H and O–H groups in total. The number of Topliss-reactive ketones (excluding diaryl/α,β-unsaturated/α-hetero) is 1. The number of ketones is 1. The second-order valence-corrected chi connectivity index (χ2v) is 5.57. The second-order valence-electron chi connectivity index (χ2n) is 5.57. The molecular formula is C15H16F2O2. The number of carbonyl (C=O) groups excluding carboxylic acids is 1. The Bertz CT molecular complexity index is 509. The molecule has 4 heteroatoms. The summed E-state index contributed by atoms with van der Waals surface area (Å²) >= 11 is 0. The van der Waals surface area contributed by atoms with Crippen LogP contribution >= 0.6 is 0 Å². The average Bonchev–Trinajstić information content (AvgIpc) is 2.39. The van der Waals surface area contributed by atoms with Gasteiger partial charge in [0.15, 0.2) is 17.4 Å². The molecule has 1 saturated heterocycles. The lowest BCUT2D eigenvalue weighted by Gasteiger charge is -2.46. The smallest absolute Gasteiger partial charge is 0.166 e. The Kier molecular flexibility index (Phi) is 3.13. The Labute approximate surface area is 110 Å². The van der Waals surface area contributed by atoms with Crippen LogP contribution in [0.4, 0.5) is 8.78 Å². The summed E-state index contributed by atoms with van der Waals surface area (Å²) in [5, 5.41) is 0. The fraction of sp³-hybridized carbons (Fsp3) is 0.533. The molecule has 0 radical (unpaired) electrons. The van der Waals surface area contributed by atoms with Crippen LogP contribution in [-0.4, -0.2) is 18.0 Å². The monoisotopic (exact) mass is 266 g/mol. The number of hydrogen-bond acceptors (Lipinski definition) is 2. The highest BCUT2D eigenvalue weighted by atomic mass is 19.2. The fourth-order valence-corrected chi connectivity index (χ4v) is 3.06. The van der Waals surface area contributed by atoms with Crippen molar-refractivity contribution in [2.24, 2.45) is 5.92 Å². The minimum Gasteiger partial charge on any atom is -0.375 e. The van der Waals surface area contributed by atoms with E-state index in [0.717, 1.165) is 31.4 Å². The lowest BCUT2D eigenvalue weighted by atomic mass is 9.70. The quantitative estimate of drug-likeness (QED) is 0.766. The number of halogens is 2. The predicted octanol–water partition coefficient (Wildman–Crippen LogP) is 3.50. The molecule has 1 spiro atoms. The third-order valence-electron chi connectivity index (χ3n) is 4.33. The van der Waals surface area contributed by atoms with Crippen molar-refractivity contribution >= 4 is 5.78 Å². The largest absolute Gasteiger partial charge is 0.375 e. The minimum atomic E-state index is -0.962. The van der Waals surface area contributed by atoms with E-state index in [0.29, 0.717) is 19.4 Å². The molecule has 1 aliphatic heterocycles.